The Hall–Kier alpha value is -1.83. The van der Waals surface area contributed by atoms with Gasteiger partial charge in [0, 0.05) is 44.6 Å². The minimum Gasteiger partial charge on any atom is -0.306 e. The first-order valence-electron chi connectivity index (χ1n) is 7.39. The average molecular weight is 321 g/mol. The third-order valence-corrected chi connectivity index (χ3v) is 5.05. The highest BCUT2D eigenvalue weighted by atomic mass is 32.2. The normalized spacial score (nSPS) is 14.6. The van der Waals surface area contributed by atoms with E-state index in [-0.39, 0.29) is 11.2 Å². The molecule has 0 spiro atoms. The van der Waals surface area contributed by atoms with Gasteiger partial charge in [0.05, 0.1) is 0 Å². The lowest BCUT2D eigenvalue weighted by Gasteiger charge is -2.10. The maximum Gasteiger partial charge on any atom is 0.330 e. The van der Waals surface area contributed by atoms with E-state index < -0.39 is 0 Å². The molecule has 0 N–H and O–H groups in total. The molecule has 1 aliphatic rings. The van der Waals surface area contributed by atoms with E-state index >= 15 is 0 Å². The molecule has 1 aliphatic heterocycles. The zero-order valence-corrected chi connectivity index (χ0v) is 13.6. The molecule has 0 aliphatic carbocycles. The first-order chi connectivity index (χ1) is 10.6. The van der Waals surface area contributed by atoms with Gasteiger partial charge in [0.25, 0.3) is 5.56 Å². The molecule has 0 saturated heterocycles. The minimum atomic E-state index is -0.303. The highest BCUT2D eigenvalue weighted by Gasteiger charge is 2.15. The molecular weight excluding hydrogens is 302 g/mol. The summed E-state index contributed by atoms with van der Waals surface area (Å²) in [5, 5.41) is 9.38. The summed E-state index contributed by atoms with van der Waals surface area (Å²) in [5.41, 5.74) is 0.117. The molecule has 3 rings (SSSR count). The Morgan fingerprint density at radius 1 is 1.14 bits per heavy atom. The quantitative estimate of drug-likeness (QED) is 0.778. The summed E-state index contributed by atoms with van der Waals surface area (Å²) in [7, 11) is 3.17. The van der Waals surface area contributed by atoms with Gasteiger partial charge in [0.15, 0.2) is 5.16 Å². The third-order valence-electron chi connectivity index (χ3n) is 4.05. The maximum absolute atomic E-state index is 11.9. The Balaban J connectivity index is 1.83. The smallest absolute Gasteiger partial charge is 0.306 e. The van der Waals surface area contributed by atoms with Crippen molar-refractivity contribution < 1.29 is 0 Å². The molecule has 118 valence electrons. The lowest BCUT2D eigenvalue weighted by molar-refractivity contribution is 0.590. The summed E-state index contributed by atoms with van der Waals surface area (Å²) in [5.74, 6) is 1.57. The number of aromatic nitrogens is 5. The lowest BCUT2D eigenvalue weighted by atomic mass is 10.2. The number of hydrogen-bond donors (Lipinski definition) is 0. The molecule has 7 nitrogen and oxygen atoms in total. The summed E-state index contributed by atoms with van der Waals surface area (Å²) in [4.78, 5) is 23.7. The predicted molar refractivity (Wildman–Crippen MR) is 84.1 cm³/mol. The van der Waals surface area contributed by atoms with E-state index in [2.05, 4.69) is 14.8 Å². The first kappa shape index (κ1) is 15.1. The van der Waals surface area contributed by atoms with Gasteiger partial charge in [-0.2, -0.15) is 0 Å². The summed E-state index contributed by atoms with van der Waals surface area (Å²) >= 11 is 1.52. The zero-order valence-electron chi connectivity index (χ0n) is 12.8. The molecular formula is C14H19N5O2S. The number of hydrogen-bond acceptors (Lipinski definition) is 5. The molecule has 0 saturated carbocycles. The van der Waals surface area contributed by atoms with Crippen LogP contribution in [0.25, 0.3) is 0 Å². The van der Waals surface area contributed by atoms with Crippen LogP contribution in [-0.2, 0) is 32.8 Å². The first-order valence-corrected chi connectivity index (χ1v) is 8.37. The van der Waals surface area contributed by atoms with E-state index in [9.17, 15) is 9.59 Å². The van der Waals surface area contributed by atoms with E-state index in [0.717, 1.165) is 41.4 Å². The van der Waals surface area contributed by atoms with Crippen LogP contribution in [0.15, 0.2) is 20.8 Å². The van der Waals surface area contributed by atoms with E-state index in [1.165, 1.54) is 35.9 Å². The van der Waals surface area contributed by atoms with Gasteiger partial charge in [0.1, 0.15) is 5.82 Å². The third kappa shape index (κ3) is 2.75. The van der Waals surface area contributed by atoms with Crippen molar-refractivity contribution in [1.29, 1.82) is 0 Å². The van der Waals surface area contributed by atoms with Crippen LogP contribution in [0.2, 0.25) is 0 Å². The Morgan fingerprint density at radius 3 is 2.77 bits per heavy atom. The zero-order chi connectivity index (χ0) is 15.7. The van der Waals surface area contributed by atoms with Crippen LogP contribution in [0.1, 0.15) is 30.8 Å². The number of aryl methyl sites for hydroxylation is 1. The fraction of sp³-hybridized carbons (Fsp3) is 0.571. The second-order valence-corrected chi connectivity index (χ2v) is 6.47. The standard InChI is InChI=1S/C14H19N5O2S/c1-17-10(8-12(20)18(2)14(17)21)9-22-13-16-15-11-6-4-3-5-7-19(11)13/h8H,3-7,9H2,1-2H3. The van der Waals surface area contributed by atoms with Crippen molar-refractivity contribution in [2.24, 2.45) is 14.1 Å². The fourth-order valence-corrected chi connectivity index (χ4v) is 3.63. The molecule has 22 heavy (non-hydrogen) atoms. The maximum atomic E-state index is 11.9. The second-order valence-electron chi connectivity index (χ2n) is 5.52. The lowest BCUT2D eigenvalue weighted by Crippen LogP contribution is -2.37. The van der Waals surface area contributed by atoms with Crippen molar-refractivity contribution in [3.8, 4) is 0 Å². The summed E-state index contributed by atoms with van der Waals surface area (Å²) in [6, 6.07) is 1.51. The number of nitrogens with zero attached hydrogens (tertiary/aromatic N) is 5. The summed E-state index contributed by atoms with van der Waals surface area (Å²) < 4.78 is 4.78. The number of thioether (sulfide) groups is 1. The highest BCUT2D eigenvalue weighted by Crippen LogP contribution is 2.24. The van der Waals surface area contributed by atoms with Gasteiger partial charge < -0.3 is 4.57 Å². The Bertz CT molecular complexity index is 805. The minimum absolute atomic E-state index is 0.279. The Kier molecular flexibility index (Phi) is 4.19. The van der Waals surface area contributed by atoms with Crippen molar-refractivity contribution in [3.63, 3.8) is 0 Å². The second kappa shape index (κ2) is 6.12. The topological polar surface area (TPSA) is 74.7 Å². The highest BCUT2D eigenvalue weighted by molar-refractivity contribution is 7.98. The molecule has 0 amide bonds. The molecule has 0 unspecified atom stereocenters. The Labute approximate surface area is 132 Å². The van der Waals surface area contributed by atoms with Crippen LogP contribution in [0.4, 0.5) is 0 Å². The van der Waals surface area contributed by atoms with Crippen molar-refractivity contribution in [1.82, 2.24) is 23.9 Å². The van der Waals surface area contributed by atoms with E-state index in [4.69, 9.17) is 0 Å². The molecule has 3 heterocycles. The van der Waals surface area contributed by atoms with E-state index in [1.54, 1.807) is 7.05 Å². The number of rotatable bonds is 3. The van der Waals surface area contributed by atoms with Gasteiger partial charge in [0.2, 0.25) is 0 Å². The summed E-state index contributed by atoms with van der Waals surface area (Å²) in [6.45, 7) is 0.945. The molecule has 0 atom stereocenters. The SMILES string of the molecule is Cn1c(CSc2nnc3n2CCCCC3)cc(=O)n(C)c1=O. The Morgan fingerprint density at radius 2 is 1.95 bits per heavy atom. The van der Waals surface area contributed by atoms with E-state index in [1.807, 2.05) is 0 Å². The van der Waals surface area contributed by atoms with Crippen LogP contribution in [0, 0.1) is 0 Å². The molecule has 0 aromatic carbocycles. The van der Waals surface area contributed by atoms with Crippen molar-refractivity contribution in [3.05, 3.63) is 38.4 Å². The van der Waals surface area contributed by atoms with Gasteiger partial charge in [-0.1, -0.05) is 18.2 Å². The average Bonchev–Trinajstić information content (AvgIpc) is 2.74. The van der Waals surface area contributed by atoms with E-state index in [0.29, 0.717) is 11.4 Å². The fourth-order valence-electron chi connectivity index (χ4n) is 2.62. The van der Waals surface area contributed by atoms with Gasteiger partial charge in [-0.15, -0.1) is 10.2 Å². The molecule has 0 fully saturated rings. The van der Waals surface area contributed by atoms with Gasteiger partial charge in [-0.3, -0.25) is 13.9 Å². The summed E-state index contributed by atoms with van der Waals surface area (Å²) in [6.07, 6.45) is 4.49. The van der Waals surface area contributed by atoms with Crippen molar-refractivity contribution in [2.75, 3.05) is 0 Å². The molecule has 2 aromatic heterocycles. The van der Waals surface area contributed by atoms with Crippen LogP contribution in [0.5, 0.6) is 0 Å². The van der Waals surface area contributed by atoms with Crippen LogP contribution in [-0.4, -0.2) is 23.9 Å². The predicted octanol–water partition coefficient (Wildman–Crippen LogP) is 0.694. The van der Waals surface area contributed by atoms with Crippen LogP contribution in [0.3, 0.4) is 0 Å². The monoisotopic (exact) mass is 321 g/mol. The largest absolute Gasteiger partial charge is 0.330 e. The molecule has 0 radical (unpaired) electrons. The van der Waals surface area contributed by atoms with Crippen LogP contribution >= 0.6 is 11.8 Å². The molecule has 2 aromatic rings. The van der Waals surface area contributed by atoms with Crippen molar-refractivity contribution >= 4 is 11.8 Å². The number of fused-ring (bicyclic) bond motifs is 1. The van der Waals surface area contributed by atoms with Crippen molar-refractivity contribution in [2.45, 2.75) is 43.1 Å². The van der Waals surface area contributed by atoms with Gasteiger partial charge in [-0.05, 0) is 12.8 Å². The molecule has 0 bridgehead atoms. The van der Waals surface area contributed by atoms with Gasteiger partial charge in [-0.25, -0.2) is 4.79 Å². The molecule has 8 heteroatoms. The van der Waals surface area contributed by atoms with Crippen LogP contribution < -0.4 is 11.2 Å². The van der Waals surface area contributed by atoms with Gasteiger partial charge >= 0.3 is 5.69 Å².